The Morgan fingerprint density at radius 3 is 2.60 bits per heavy atom. The van der Waals surface area contributed by atoms with Crippen LogP contribution in [0.15, 0.2) is 78.7 Å². The molecule has 2 aromatic heterocycles. The van der Waals surface area contributed by atoms with Crippen molar-refractivity contribution in [2.75, 3.05) is 13.6 Å². The predicted octanol–water partition coefficient (Wildman–Crippen LogP) is 4.79. The van der Waals surface area contributed by atoms with Gasteiger partial charge in [0.15, 0.2) is 0 Å². The zero-order valence-corrected chi connectivity index (χ0v) is 26.3. The molecule has 2 N–H and O–H groups in total. The van der Waals surface area contributed by atoms with Crippen LogP contribution in [0.2, 0.25) is 0 Å². The van der Waals surface area contributed by atoms with Crippen LogP contribution >= 0.6 is 11.3 Å². The number of nitriles is 1. The number of aromatic nitrogens is 4. The van der Waals surface area contributed by atoms with Crippen molar-refractivity contribution in [3.05, 3.63) is 117 Å². The maximum Gasteiger partial charge on any atom is 0.325 e. The first-order valence-electron chi connectivity index (χ1n) is 14.4. The van der Waals surface area contributed by atoms with Gasteiger partial charge in [0.1, 0.15) is 23.7 Å². The first kappa shape index (κ1) is 31.7. The summed E-state index contributed by atoms with van der Waals surface area (Å²) in [7, 11) is 1.69. The molecule has 0 radical (unpaired) electrons. The van der Waals surface area contributed by atoms with E-state index in [-0.39, 0.29) is 19.1 Å². The second-order valence-corrected chi connectivity index (χ2v) is 12.0. The smallest absolute Gasteiger partial charge is 0.325 e. The molecule has 11 heteroatoms. The van der Waals surface area contributed by atoms with E-state index in [9.17, 15) is 14.3 Å². The molecular formula is C34H34FN6O3S+. The molecule has 0 aliphatic carbocycles. The maximum absolute atomic E-state index is 14.4. The molecule has 9 nitrogen and oxygen atoms in total. The predicted molar refractivity (Wildman–Crippen MR) is 168 cm³/mol. The summed E-state index contributed by atoms with van der Waals surface area (Å²) in [6, 6.07) is 19.2. The van der Waals surface area contributed by atoms with E-state index in [0.29, 0.717) is 28.4 Å². The van der Waals surface area contributed by atoms with Gasteiger partial charge in [-0.2, -0.15) is 5.26 Å². The van der Waals surface area contributed by atoms with Crippen molar-refractivity contribution in [3.63, 3.8) is 0 Å². The molecule has 0 saturated carbocycles. The molecular weight excluding hydrogens is 591 g/mol. The molecule has 45 heavy (non-hydrogen) atoms. The Morgan fingerprint density at radius 2 is 1.93 bits per heavy atom. The fraction of sp³-hybridized carbons (Fsp3) is 0.265. The largest absolute Gasteiger partial charge is 0.425 e. The number of esters is 1. The minimum atomic E-state index is -1.54. The Balaban J connectivity index is 1.39. The Kier molecular flexibility index (Phi) is 9.48. The summed E-state index contributed by atoms with van der Waals surface area (Å²) < 4.78 is 23.5. The molecule has 230 valence electrons. The van der Waals surface area contributed by atoms with E-state index >= 15 is 0 Å². The molecule has 0 unspecified atom stereocenters. The van der Waals surface area contributed by atoms with Gasteiger partial charge in [-0.3, -0.25) is 4.79 Å². The number of nitrogens with zero attached hydrogens (tertiary/aromatic N) is 5. The SMILES string of the molecule is CNCC(=O)Oc1c(C)cc(C[n+]2cnn(C[C@](O)(c3cccc(F)c3)[C@@H](C)c3nc(-c4ccc(C#N)cc4)cs3)c2)cc1C. The van der Waals surface area contributed by atoms with Crippen molar-refractivity contribution in [2.45, 2.75) is 45.4 Å². The Bertz CT molecular complexity index is 1840. The van der Waals surface area contributed by atoms with E-state index < -0.39 is 17.3 Å². The third-order valence-corrected chi connectivity index (χ3v) is 8.73. The van der Waals surface area contributed by atoms with Gasteiger partial charge in [0.05, 0.1) is 35.4 Å². The molecule has 3 aromatic carbocycles. The average Bonchev–Trinajstić information content (AvgIpc) is 3.69. The second kappa shape index (κ2) is 13.5. The minimum absolute atomic E-state index is 0.0504. The van der Waals surface area contributed by atoms with Crippen LogP contribution in [0.25, 0.3) is 11.3 Å². The number of aryl methyl sites for hydroxylation is 2. The highest BCUT2D eigenvalue weighted by Gasteiger charge is 2.41. The number of aliphatic hydroxyl groups is 1. The second-order valence-electron chi connectivity index (χ2n) is 11.1. The van der Waals surface area contributed by atoms with Crippen molar-refractivity contribution in [2.24, 2.45) is 0 Å². The normalized spacial score (nSPS) is 13.2. The Morgan fingerprint density at radius 1 is 1.20 bits per heavy atom. The molecule has 0 spiro atoms. The van der Waals surface area contributed by atoms with Gasteiger partial charge in [-0.25, -0.2) is 13.9 Å². The lowest BCUT2D eigenvalue weighted by Crippen LogP contribution is -2.38. The molecule has 5 aromatic rings. The van der Waals surface area contributed by atoms with Gasteiger partial charge >= 0.3 is 5.97 Å². The van der Waals surface area contributed by atoms with Gasteiger partial charge in [-0.05, 0) is 79.5 Å². The molecule has 0 fully saturated rings. The van der Waals surface area contributed by atoms with Crippen LogP contribution in [-0.4, -0.2) is 39.4 Å². The van der Waals surface area contributed by atoms with E-state index in [2.05, 4.69) is 16.5 Å². The molecule has 2 atom stereocenters. The zero-order valence-electron chi connectivity index (χ0n) is 25.5. The van der Waals surface area contributed by atoms with Crippen molar-refractivity contribution < 1.29 is 23.6 Å². The summed E-state index contributed by atoms with van der Waals surface area (Å²) >= 11 is 1.42. The van der Waals surface area contributed by atoms with Crippen molar-refractivity contribution in [1.29, 1.82) is 5.26 Å². The number of carbonyl (C=O) groups excluding carboxylic acids is 1. The number of nitrogens with one attached hydrogen (secondary N) is 1. The highest BCUT2D eigenvalue weighted by Crippen LogP contribution is 2.40. The Hall–Kier alpha value is -4.76. The summed E-state index contributed by atoms with van der Waals surface area (Å²) in [5.41, 5.74) is 3.72. The van der Waals surface area contributed by atoms with Crippen LogP contribution < -0.4 is 14.6 Å². The molecule has 0 saturated heterocycles. The average molecular weight is 626 g/mol. The summed E-state index contributed by atoms with van der Waals surface area (Å²) in [5, 5.41) is 31.3. The fourth-order valence-corrected chi connectivity index (χ4v) is 6.32. The number of carbonyl (C=O) groups is 1. The topological polar surface area (TPSA) is 117 Å². The van der Waals surface area contributed by atoms with Gasteiger partial charge in [0.2, 0.25) is 6.33 Å². The van der Waals surface area contributed by atoms with Crippen LogP contribution in [0.3, 0.4) is 0 Å². The molecule has 5 rings (SSSR count). The number of likely N-dealkylation sites (N-methyl/N-ethyl adjacent to an activating group) is 1. The summed E-state index contributed by atoms with van der Waals surface area (Å²) in [6.45, 7) is 6.35. The number of hydrogen-bond donors (Lipinski definition) is 2. The van der Waals surface area contributed by atoms with Crippen LogP contribution in [0.5, 0.6) is 5.75 Å². The van der Waals surface area contributed by atoms with Crippen LogP contribution in [0.1, 0.15) is 45.7 Å². The van der Waals surface area contributed by atoms with Crippen molar-refractivity contribution in [1.82, 2.24) is 20.1 Å². The first-order valence-corrected chi connectivity index (χ1v) is 15.3. The number of ether oxygens (including phenoxy) is 1. The van der Waals surface area contributed by atoms with Gasteiger partial charge in [0.25, 0.3) is 6.33 Å². The van der Waals surface area contributed by atoms with E-state index in [1.54, 1.807) is 48.6 Å². The number of rotatable bonds is 11. The van der Waals surface area contributed by atoms with Crippen molar-refractivity contribution >= 4 is 17.3 Å². The van der Waals surface area contributed by atoms with Gasteiger partial charge in [-0.15, -0.1) is 16.0 Å². The molecule has 0 aliphatic heterocycles. The van der Waals surface area contributed by atoms with E-state index in [1.165, 1.54) is 23.5 Å². The fourth-order valence-electron chi connectivity index (χ4n) is 5.35. The van der Waals surface area contributed by atoms with Gasteiger partial charge in [0, 0.05) is 22.0 Å². The number of thiazole rings is 1. The molecule has 0 bridgehead atoms. The quantitative estimate of drug-likeness (QED) is 0.123. The van der Waals surface area contributed by atoms with Gasteiger partial charge < -0.3 is 15.2 Å². The standard InChI is InChI=1S/C34H34FN6O3S/c1-22-12-26(13-23(2)32(22)44-31(42)16-37-4)17-40-20-38-41(21-40)19-34(43,28-6-5-7-29(35)14-28)24(3)33-39-30(18-45-33)27-10-8-25(15-36)9-11-27/h5-14,18,20-21,24,37,43H,16-17,19H2,1-4H3/q+1/t24-,34+/m0/s1. The number of benzene rings is 3. The zero-order chi connectivity index (χ0) is 32.1. The third-order valence-electron chi connectivity index (χ3n) is 7.70. The minimum Gasteiger partial charge on any atom is -0.425 e. The van der Waals surface area contributed by atoms with Crippen LogP contribution in [-0.2, 0) is 23.5 Å². The highest BCUT2D eigenvalue weighted by atomic mass is 32.1. The molecule has 0 aliphatic rings. The lowest BCUT2D eigenvalue weighted by atomic mass is 9.82. The van der Waals surface area contributed by atoms with E-state index in [0.717, 1.165) is 27.9 Å². The summed E-state index contributed by atoms with van der Waals surface area (Å²) in [6.07, 6.45) is 3.47. The number of hydrogen-bond acceptors (Lipinski definition) is 8. The highest BCUT2D eigenvalue weighted by molar-refractivity contribution is 7.10. The van der Waals surface area contributed by atoms with Crippen molar-refractivity contribution in [3.8, 4) is 23.1 Å². The Labute approximate surface area is 265 Å². The lowest BCUT2D eigenvalue weighted by molar-refractivity contribution is -0.689. The van der Waals surface area contributed by atoms with Crippen LogP contribution in [0, 0.1) is 31.0 Å². The van der Waals surface area contributed by atoms with Gasteiger partial charge in [-0.1, -0.05) is 31.2 Å². The summed E-state index contributed by atoms with van der Waals surface area (Å²) in [5.74, 6) is -0.761. The van der Waals surface area contributed by atoms with E-state index in [1.807, 2.05) is 55.0 Å². The third kappa shape index (κ3) is 7.15. The van der Waals surface area contributed by atoms with Crippen LogP contribution in [0.4, 0.5) is 4.39 Å². The summed E-state index contributed by atoms with van der Waals surface area (Å²) in [4.78, 5) is 16.8. The first-order chi connectivity index (χ1) is 21.6. The van der Waals surface area contributed by atoms with E-state index in [4.69, 9.17) is 15.0 Å². The maximum atomic E-state index is 14.4. The lowest BCUT2D eigenvalue weighted by Gasteiger charge is -2.31. The molecule has 2 heterocycles. The monoisotopic (exact) mass is 625 g/mol. The molecule has 0 amide bonds. The number of halogens is 1.